The highest BCUT2D eigenvalue weighted by molar-refractivity contribution is 5.94. The van der Waals surface area contributed by atoms with Gasteiger partial charge in [0.05, 0.1) is 7.11 Å². The van der Waals surface area contributed by atoms with Crippen molar-refractivity contribution in [2.45, 2.75) is 13.5 Å². The first kappa shape index (κ1) is 19.2. The number of piperazine rings is 1. The number of anilines is 1. The van der Waals surface area contributed by atoms with Gasteiger partial charge in [0, 0.05) is 61.5 Å². The maximum absolute atomic E-state index is 12.0. The summed E-state index contributed by atoms with van der Waals surface area (Å²) in [7, 11) is 1.59. The molecule has 0 bridgehead atoms. The van der Waals surface area contributed by atoms with Crippen molar-refractivity contribution in [2.75, 3.05) is 38.2 Å². The molecule has 0 saturated carbocycles. The maximum atomic E-state index is 12.0. The lowest BCUT2D eigenvalue weighted by Crippen LogP contribution is -2.46. The van der Waals surface area contributed by atoms with Gasteiger partial charge in [-0.3, -0.25) is 9.69 Å². The lowest BCUT2D eigenvalue weighted by Gasteiger charge is -2.36. The molecule has 0 radical (unpaired) electrons. The summed E-state index contributed by atoms with van der Waals surface area (Å²) >= 11 is 0. The summed E-state index contributed by atoms with van der Waals surface area (Å²) in [4.78, 5) is 28.1. The van der Waals surface area contributed by atoms with Gasteiger partial charge in [-0.15, -0.1) is 0 Å². The number of hydrogen-bond donors (Lipinski definition) is 0. The molecule has 29 heavy (non-hydrogen) atoms. The van der Waals surface area contributed by atoms with Crippen LogP contribution in [0.25, 0.3) is 11.0 Å². The van der Waals surface area contributed by atoms with Crippen LogP contribution >= 0.6 is 0 Å². The van der Waals surface area contributed by atoms with Crippen LogP contribution < -0.4 is 15.3 Å². The standard InChI is InChI=1S/C23H24N2O4/c1-16(26)17-3-5-19(6-4-17)25-11-9-24(10-12-25)15-18-13-23(27)29-22-14-20(28-2)7-8-21(18)22/h3-8,13-14H,9-12,15H2,1-2H3. The van der Waals surface area contributed by atoms with E-state index < -0.39 is 0 Å². The second kappa shape index (κ2) is 8.09. The van der Waals surface area contributed by atoms with E-state index in [0.29, 0.717) is 17.9 Å². The number of methoxy groups -OCH3 is 1. The minimum absolute atomic E-state index is 0.0820. The number of carbonyl (C=O) groups excluding carboxylic acids is 1. The van der Waals surface area contributed by atoms with E-state index in [1.165, 1.54) is 0 Å². The Morgan fingerprint density at radius 2 is 1.76 bits per heavy atom. The van der Waals surface area contributed by atoms with Gasteiger partial charge >= 0.3 is 5.63 Å². The van der Waals surface area contributed by atoms with Crippen molar-refractivity contribution < 1.29 is 13.9 Å². The Balaban J connectivity index is 1.46. The summed E-state index contributed by atoms with van der Waals surface area (Å²) in [5.41, 5.74) is 3.05. The zero-order valence-electron chi connectivity index (χ0n) is 16.7. The molecule has 6 nitrogen and oxygen atoms in total. The van der Waals surface area contributed by atoms with Gasteiger partial charge in [-0.2, -0.15) is 0 Å². The first-order valence-corrected chi connectivity index (χ1v) is 9.72. The Bertz CT molecular complexity index is 1080. The molecule has 0 N–H and O–H groups in total. The molecule has 1 aliphatic rings. The third kappa shape index (κ3) is 4.17. The van der Waals surface area contributed by atoms with Gasteiger partial charge in [-0.1, -0.05) is 0 Å². The second-order valence-corrected chi connectivity index (χ2v) is 7.32. The van der Waals surface area contributed by atoms with Crippen LogP contribution in [0.4, 0.5) is 5.69 Å². The highest BCUT2D eigenvalue weighted by Gasteiger charge is 2.19. The Morgan fingerprint density at radius 3 is 2.41 bits per heavy atom. The number of benzene rings is 2. The molecule has 6 heteroatoms. The Labute approximate surface area is 169 Å². The van der Waals surface area contributed by atoms with E-state index in [-0.39, 0.29) is 11.4 Å². The summed E-state index contributed by atoms with van der Waals surface area (Å²) in [6.07, 6.45) is 0. The largest absolute Gasteiger partial charge is 0.497 e. The van der Waals surface area contributed by atoms with Crippen molar-refractivity contribution in [1.29, 1.82) is 0 Å². The number of ether oxygens (including phenoxy) is 1. The van der Waals surface area contributed by atoms with E-state index in [9.17, 15) is 9.59 Å². The predicted octanol–water partition coefficient (Wildman–Crippen LogP) is 3.33. The smallest absolute Gasteiger partial charge is 0.336 e. The van der Waals surface area contributed by atoms with Crippen LogP contribution in [0.15, 0.2) is 57.7 Å². The molecule has 0 spiro atoms. The van der Waals surface area contributed by atoms with Gasteiger partial charge in [0.25, 0.3) is 0 Å². The first-order valence-electron chi connectivity index (χ1n) is 9.72. The number of hydrogen-bond acceptors (Lipinski definition) is 6. The van der Waals surface area contributed by atoms with E-state index in [1.54, 1.807) is 26.2 Å². The topological polar surface area (TPSA) is 63.0 Å². The molecule has 0 aliphatic carbocycles. The maximum Gasteiger partial charge on any atom is 0.336 e. The summed E-state index contributed by atoms with van der Waals surface area (Å²) in [5.74, 6) is 0.751. The van der Waals surface area contributed by atoms with E-state index in [1.807, 2.05) is 36.4 Å². The molecule has 0 unspecified atom stereocenters. The van der Waals surface area contributed by atoms with E-state index in [2.05, 4.69) is 9.80 Å². The number of ketones is 1. The van der Waals surface area contributed by atoms with Gasteiger partial charge < -0.3 is 14.1 Å². The van der Waals surface area contributed by atoms with Crippen LogP contribution in [-0.2, 0) is 6.54 Å². The van der Waals surface area contributed by atoms with E-state index in [0.717, 1.165) is 48.4 Å². The highest BCUT2D eigenvalue weighted by atomic mass is 16.5. The van der Waals surface area contributed by atoms with Crippen molar-refractivity contribution >= 4 is 22.4 Å². The monoisotopic (exact) mass is 392 g/mol. The average Bonchev–Trinajstić information content (AvgIpc) is 2.73. The zero-order valence-corrected chi connectivity index (χ0v) is 16.7. The third-order valence-electron chi connectivity index (χ3n) is 5.44. The molecular weight excluding hydrogens is 368 g/mol. The lowest BCUT2D eigenvalue weighted by atomic mass is 10.1. The lowest BCUT2D eigenvalue weighted by molar-refractivity contribution is 0.101. The Hall–Kier alpha value is -3.12. The molecule has 150 valence electrons. The Kier molecular flexibility index (Phi) is 5.36. The SMILES string of the molecule is COc1ccc2c(CN3CCN(c4ccc(C(C)=O)cc4)CC3)cc(=O)oc2c1. The van der Waals surface area contributed by atoms with Gasteiger partial charge in [0.2, 0.25) is 0 Å². The van der Waals surface area contributed by atoms with Crippen molar-refractivity contribution in [2.24, 2.45) is 0 Å². The van der Waals surface area contributed by atoms with Crippen LogP contribution in [0.5, 0.6) is 5.75 Å². The molecule has 3 aromatic rings. The Morgan fingerprint density at radius 1 is 1.03 bits per heavy atom. The van der Waals surface area contributed by atoms with Crippen LogP contribution in [0.2, 0.25) is 0 Å². The number of carbonyl (C=O) groups is 1. The fraction of sp³-hybridized carbons (Fsp3) is 0.304. The fourth-order valence-electron chi connectivity index (χ4n) is 3.78. The first-order chi connectivity index (χ1) is 14.0. The highest BCUT2D eigenvalue weighted by Crippen LogP contribution is 2.24. The summed E-state index contributed by atoms with van der Waals surface area (Å²) in [6.45, 7) is 5.86. The summed E-state index contributed by atoms with van der Waals surface area (Å²) in [5, 5.41) is 0.938. The molecule has 2 aromatic carbocycles. The molecule has 0 atom stereocenters. The zero-order chi connectivity index (χ0) is 20.4. The van der Waals surface area contributed by atoms with Crippen molar-refractivity contribution in [3.8, 4) is 5.75 Å². The molecule has 1 aliphatic heterocycles. The molecule has 2 heterocycles. The minimum atomic E-state index is -0.343. The number of nitrogens with zero attached hydrogens (tertiary/aromatic N) is 2. The molecule has 1 aromatic heterocycles. The summed E-state index contributed by atoms with van der Waals surface area (Å²) < 4.78 is 10.6. The van der Waals surface area contributed by atoms with Crippen LogP contribution in [-0.4, -0.2) is 44.0 Å². The van der Waals surface area contributed by atoms with Crippen LogP contribution in [0, 0.1) is 0 Å². The van der Waals surface area contributed by atoms with Crippen molar-refractivity contribution in [1.82, 2.24) is 4.90 Å². The molecule has 0 amide bonds. The second-order valence-electron chi connectivity index (χ2n) is 7.32. The molecular formula is C23H24N2O4. The van der Waals surface area contributed by atoms with Gasteiger partial charge in [-0.25, -0.2) is 4.79 Å². The van der Waals surface area contributed by atoms with E-state index >= 15 is 0 Å². The average molecular weight is 392 g/mol. The molecule has 1 saturated heterocycles. The molecule has 1 fully saturated rings. The number of Topliss-reactive ketones (excluding diaryl/α,β-unsaturated/α-hetero) is 1. The van der Waals surface area contributed by atoms with Crippen molar-refractivity contribution in [3.63, 3.8) is 0 Å². The van der Waals surface area contributed by atoms with Gasteiger partial charge in [-0.05, 0) is 48.9 Å². The van der Waals surface area contributed by atoms with Crippen LogP contribution in [0.1, 0.15) is 22.8 Å². The summed E-state index contributed by atoms with van der Waals surface area (Å²) in [6, 6.07) is 14.9. The molecule has 4 rings (SSSR count). The van der Waals surface area contributed by atoms with Crippen LogP contribution in [0.3, 0.4) is 0 Å². The van der Waals surface area contributed by atoms with Gasteiger partial charge in [0.15, 0.2) is 5.78 Å². The predicted molar refractivity (Wildman–Crippen MR) is 113 cm³/mol. The van der Waals surface area contributed by atoms with Gasteiger partial charge in [0.1, 0.15) is 11.3 Å². The number of fused-ring (bicyclic) bond motifs is 1. The minimum Gasteiger partial charge on any atom is -0.497 e. The third-order valence-corrected chi connectivity index (χ3v) is 5.44. The van der Waals surface area contributed by atoms with Crippen molar-refractivity contribution in [3.05, 3.63) is 70.1 Å². The number of rotatable bonds is 5. The quantitative estimate of drug-likeness (QED) is 0.490. The van der Waals surface area contributed by atoms with E-state index in [4.69, 9.17) is 9.15 Å². The fourth-order valence-corrected chi connectivity index (χ4v) is 3.78. The normalized spacial score (nSPS) is 14.9.